The summed E-state index contributed by atoms with van der Waals surface area (Å²) in [7, 11) is 3.07. The Morgan fingerprint density at radius 1 is 0.929 bits per heavy atom. The molecule has 0 spiro atoms. The van der Waals surface area contributed by atoms with Crippen molar-refractivity contribution in [2.24, 2.45) is 11.8 Å². The molecule has 0 saturated carbocycles. The molecule has 2 aromatic carbocycles. The number of carboxylic acids is 1. The normalized spacial score (nSPS) is 12.8. The number of carboxylic acid groups (broad SMARTS) is 1. The van der Waals surface area contributed by atoms with Crippen molar-refractivity contribution in [1.82, 2.24) is 0 Å². The number of carbonyl (C=O) groups is 3. The van der Waals surface area contributed by atoms with Crippen LogP contribution in [0.5, 0.6) is 17.2 Å². The topological polar surface area (TPSA) is 99.1 Å². The van der Waals surface area contributed by atoms with Crippen LogP contribution >= 0.6 is 22.7 Å². The van der Waals surface area contributed by atoms with E-state index in [4.69, 9.17) is 19.3 Å². The van der Waals surface area contributed by atoms with E-state index in [1.165, 1.54) is 36.7 Å². The van der Waals surface area contributed by atoms with Gasteiger partial charge in [-0.05, 0) is 67.8 Å². The van der Waals surface area contributed by atoms with Gasteiger partial charge in [0.05, 0.1) is 31.6 Å². The molecule has 0 bridgehead atoms. The number of Topliss-reactive ketones (excluding diaryl/α,β-unsaturated/α-hetero) is 2. The fraction of sp³-hybridized carbons (Fsp3) is 0.406. The average molecular weight is 615 g/mol. The zero-order chi connectivity index (χ0) is 30.6. The van der Waals surface area contributed by atoms with Crippen molar-refractivity contribution < 1.29 is 38.1 Å². The van der Waals surface area contributed by atoms with E-state index in [0.717, 1.165) is 25.2 Å². The summed E-state index contributed by atoms with van der Waals surface area (Å²) in [5.41, 5.74) is 0.925. The predicted molar refractivity (Wildman–Crippen MR) is 164 cm³/mol. The molecule has 4 aromatic rings. The van der Waals surface area contributed by atoms with Gasteiger partial charge in [-0.1, -0.05) is 13.8 Å². The molecule has 0 radical (unpaired) electrons. The lowest BCUT2D eigenvalue weighted by molar-refractivity contribution is -0.141. The van der Waals surface area contributed by atoms with Crippen LogP contribution in [0.4, 0.5) is 4.39 Å². The molecule has 0 amide bonds. The lowest BCUT2D eigenvalue weighted by Crippen LogP contribution is -2.13. The minimum Gasteiger partial charge on any atom is -0.496 e. The maximum Gasteiger partial charge on any atom is 0.306 e. The maximum atomic E-state index is 15.6. The van der Waals surface area contributed by atoms with E-state index in [0.29, 0.717) is 47.4 Å². The molecule has 224 valence electrons. The third kappa shape index (κ3) is 7.10. The molecule has 0 aliphatic rings. The SMILES string of the molecule is COc1cc2sc(C(=O)C[C@H](C)C(=O)O)cc2cc1CCCOc1c(OC)cc2sc(CC[C@H](C)C(C)=O)cc2c1F. The Morgan fingerprint density at radius 3 is 2.31 bits per heavy atom. The molecule has 2 atom stereocenters. The Morgan fingerprint density at radius 2 is 1.64 bits per heavy atom. The van der Waals surface area contributed by atoms with Crippen molar-refractivity contribution in [2.45, 2.75) is 52.9 Å². The second-order valence-electron chi connectivity index (χ2n) is 10.5. The largest absolute Gasteiger partial charge is 0.496 e. The number of ether oxygens (including phenoxy) is 3. The van der Waals surface area contributed by atoms with Gasteiger partial charge in [0.2, 0.25) is 0 Å². The zero-order valence-corrected chi connectivity index (χ0v) is 26.0. The Labute approximate surface area is 252 Å². The molecular formula is C32H35FO7S2. The number of hydrogen-bond donors (Lipinski definition) is 1. The predicted octanol–water partition coefficient (Wildman–Crippen LogP) is 7.74. The molecule has 0 unspecified atom stereocenters. The van der Waals surface area contributed by atoms with Crippen molar-refractivity contribution >= 4 is 60.4 Å². The fourth-order valence-electron chi connectivity index (χ4n) is 4.66. The number of benzene rings is 2. The number of aryl methyl sites for hydroxylation is 2. The van der Waals surface area contributed by atoms with E-state index < -0.39 is 17.7 Å². The molecule has 0 fully saturated rings. The van der Waals surface area contributed by atoms with Gasteiger partial charge in [-0.15, -0.1) is 22.7 Å². The number of fused-ring (bicyclic) bond motifs is 2. The van der Waals surface area contributed by atoms with Crippen LogP contribution in [-0.2, 0) is 22.4 Å². The van der Waals surface area contributed by atoms with Crippen LogP contribution in [0.15, 0.2) is 30.3 Å². The minimum atomic E-state index is -0.996. The van der Waals surface area contributed by atoms with Gasteiger partial charge in [0.25, 0.3) is 0 Å². The smallest absolute Gasteiger partial charge is 0.306 e. The van der Waals surface area contributed by atoms with Crippen molar-refractivity contribution in [3.05, 3.63) is 51.5 Å². The quantitative estimate of drug-likeness (QED) is 0.108. The van der Waals surface area contributed by atoms with Crippen LogP contribution in [-0.4, -0.2) is 43.5 Å². The van der Waals surface area contributed by atoms with Gasteiger partial charge in [0.1, 0.15) is 11.5 Å². The molecule has 1 N–H and O–H groups in total. The molecule has 42 heavy (non-hydrogen) atoms. The maximum absolute atomic E-state index is 15.6. The minimum absolute atomic E-state index is 0.0373. The first-order chi connectivity index (χ1) is 20.0. The van der Waals surface area contributed by atoms with E-state index in [1.54, 1.807) is 26.2 Å². The summed E-state index contributed by atoms with van der Waals surface area (Å²) in [6, 6.07) is 9.27. The Kier molecular flexibility index (Phi) is 10.2. The van der Waals surface area contributed by atoms with Crippen LogP contribution < -0.4 is 14.2 Å². The molecule has 7 nitrogen and oxygen atoms in total. The highest BCUT2D eigenvalue weighted by Crippen LogP contribution is 2.41. The Balaban J connectivity index is 1.45. The molecule has 2 heterocycles. The molecule has 4 rings (SSSR count). The molecule has 0 aliphatic carbocycles. The van der Waals surface area contributed by atoms with Crippen LogP contribution in [0, 0.1) is 17.7 Å². The van der Waals surface area contributed by atoms with Crippen LogP contribution in [0.25, 0.3) is 20.2 Å². The third-order valence-corrected chi connectivity index (χ3v) is 9.70. The van der Waals surface area contributed by atoms with Gasteiger partial charge in [-0.25, -0.2) is 4.39 Å². The summed E-state index contributed by atoms with van der Waals surface area (Å²) in [5.74, 6) is -1.21. The highest BCUT2D eigenvalue weighted by atomic mass is 32.1. The highest BCUT2D eigenvalue weighted by Gasteiger charge is 2.21. The van der Waals surface area contributed by atoms with Crippen molar-refractivity contribution in [1.29, 1.82) is 0 Å². The number of aliphatic carboxylic acids is 1. The molecule has 10 heteroatoms. The molecule has 0 saturated heterocycles. The Hall–Kier alpha value is -3.50. The number of halogens is 1. The van der Waals surface area contributed by atoms with E-state index in [2.05, 4.69) is 0 Å². The fourth-order valence-corrected chi connectivity index (χ4v) is 6.79. The van der Waals surface area contributed by atoms with Gasteiger partial charge < -0.3 is 19.3 Å². The second kappa shape index (κ2) is 13.6. The summed E-state index contributed by atoms with van der Waals surface area (Å²) < 4.78 is 34.2. The third-order valence-electron chi connectivity index (χ3n) is 7.42. The first-order valence-electron chi connectivity index (χ1n) is 13.8. The summed E-state index contributed by atoms with van der Waals surface area (Å²) >= 11 is 2.81. The van der Waals surface area contributed by atoms with Gasteiger partial charge in [-0.2, -0.15) is 0 Å². The molecule has 2 aromatic heterocycles. The number of carbonyl (C=O) groups excluding carboxylic acids is 2. The number of methoxy groups -OCH3 is 2. The zero-order valence-electron chi connectivity index (χ0n) is 24.4. The number of thiophene rings is 2. The summed E-state index contributed by atoms with van der Waals surface area (Å²) in [6.45, 7) is 5.26. The van der Waals surface area contributed by atoms with Crippen LogP contribution in [0.3, 0.4) is 0 Å². The lowest BCUT2D eigenvalue weighted by Gasteiger charge is -2.13. The Bertz CT molecular complexity index is 1620. The van der Waals surface area contributed by atoms with Crippen molar-refractivity contribution in [3.63, 3.8) is 0 Å². The number of hydrogen-bond acceptors (Lipinski definition) is 8. The standard InChI is InChI=1S/C32H35FO7S2/c1-17(19(3)34)8-9-22-14-23-28(41-22)16-26(39-5)31(30(23)33)40-10-6-7-20-12-21-13-29(24(35)11-18(2)32(36)37)42-27(21)15-25(20)38-4/h12-18H,6-11H2,1-5H3,(H,36,37)/t17-,18-/m0/s1. The summed E-state index contributed by atoms with van der Waals surface area (Å²) in [5, 5.41) is 10.5. The lowest BCUT2D eigenvalue weighted by atomic mass is 10.0. The monoisotopic (exact) mass is 614 g/mol. The molecular weight excluding hydrogens is 579 g/mol. The van der Waals surface area contributed by atoms with Crippen LogP contribution in [0.1, 0.15) is 60.1 Å². The summed E-state index contributed by atoms with van der Waals surface area (Å²) in [6.07, 6.45) is 2.53. The van der Waals surface area contributed by atoms with Crippen LogP contribution in [0.2, 0.25) is 0 Å². The van der Waals surface area contributed by atoms with E-state index >= 15 is 4.39 Å². The first-order valence-corrected chi connectivity index (χ1v) is 15.4. The van der Waals surface area contributed by atoms with Crippen molar-refractivity contribution in [2.75, 3.05) is 20.8 Å². The van der Waals surface area contributed by atoms with Gasteiger partial charge in [0.15, 0.2) is 23.1 Å². The number of ketones is 2. The first kappa shape index (κ1) is 31.4. The highest BCUT2D eigenvalue weighted by molar-refractivity contribution is 7.21. The van der Waals surface area contributed by atoms with E-state index in [9.17, 15) is 14.4 Å². The second-order valence-corrected chi connectivity index (χ2v) is 12.8. The number of rotatable bonds is 15. The van der Waals surface area contributed by atoms with Crippen molar-refractivity contribution in [3.8, 4) is 17.2 Å². The molecule has 0 aliphatic heterocycles. The van der Waals surface area contributed by atoms with Gasteiger partial charge >= 0.3 is 5.97 Å². The van der Waals surface area contributed by atoms with Gasteiger partial charge in [0, 0.05) is 38.1 Å². The van der Waals surface area contributed by atoms with E-state index in [-0.39, 0.29) is 36.3 Å². The summed E-state index contributed by atoms with van der Waals surface area (Å²) in [4.78, 5) is 36.9. The van der Waals surface area contributed by atoms with Gasteiger partial charge in [-0.3, -0.25) is 14.4 Å². The van der Waals surface area contributed by atoms with E-state index in [1.807, 2.05) is 25.1 Å². The average Bonchev–Trinajstić information content (AvgIpc) is 3.57.